The number of primary amides is 1. The molecule has 5 heteroatoms. The quantitative estimate of drug-likeness (QED) is 0.830. The molecule has 5 nitrogen and oxygen atoms in total. The maximum Gasteiger partial charge on any atom is 0.311 e. The highest BCUT2D eigenvalue weighted by Crippen LogP contribution is 2.22. The fourth-order valence-corrected chi connectivity index (χ4v) is 2.29. The van der Waals surface area contributed by atoms with Crippen LogP contribution in [0.1, 0.15) is 22.8 Å². The predicted molar refractivity (Wildman–Crippen MR) is 85.9 cm³/mol. The number of aryl methyl sites for hydroxylation is 1. The first kappa shape index (κ1) is 16.5. The molecule has 2 aromatic carbocycles. The molecule has 1 amide bonds. The van der Waals surface area contributed by atoms with E-state index in [1.165, 1.54) is 7.11 Å². The van der Waals surface area contributed by atoms with E-state index in [9.17, 15) is 9.59 Å². The van der Waals surface area contributed by atoms with Gasteiger partial charge in [0.15, 0.2) is 0 Å². The summed E-state index contributed by atoms with van der Waals surface area (Å²) in [5.74, 6) is -0.648. The average Bonchev–Trinajstić information content (AvgIpc) is 2.53. The third kappa shape index (κ3) is 4.32. The fraction of sp³-hybridized carbons (Fsp3) is 0.222. The maximum atomic E-state index is 12.2. The van der Waals surface area contributed by atoms with Crippen LogP contribution in [-0.4, -0.2) is 19.0 Å². The van der Waals surface area contributed by atoms with Crippen LogP contribution < -0.4 is 10.5 Å². The highest BCUT2D eigenvalue weighted by atomic mass is 16.5. The van der Waals surface area contributed by atoms with Gasteiger partial charge in [-0.25, -0.2) is 0 Å². The molecule has 2 rings (SSSR count). The molecular formula is C18H19NO4. The molecule has 0 saturated heterocycles. The first-order valence-corrected chi connectivity index (χ1v) is 7.18. The second-order valence-electron chi connectivity index (χ2n) is 5.18. The molecule has 23 heavy (non-hydrogen) atoms. The summed E-state index contributed by atoms with van der Waals surface area (Å²) in [6.07, 6.45) is -1.10. The van der Waals surface area contributed by atoms with Gasteiger partial charge in [-0.1, -0.05) is 48.0 Å². The van der Waals surface area contributed by atoms with Crippen LogP contribution in [0.15, 0.2) is 48.5 Å². The lowest BCUT2D eigenvalue weighted by atomic mass is 10.1. The van der Waals surface area contributed by atoms with Gasteiger partial charge in [-0.2, -0.15) is 0 Å². The number of methoxy groups -OCH3 is 1. The minimum Gasteiger partial charge on any atom is -0.496 e. The number of hydrogen-bond acceptors (Lipinski definition) is 4. The molecule has 0 saturated carbocycles. The largest absolute Gasteiger partial charge is 0.496 e. The van der Waals surface area contributed by atoms with Crippen LogP contribution in [0.4, 0.5) is 0 Å². The molecular weight excluding hydrogens is 294 g/mol. The lowest BCUT2D eigenvalue weighted by Crippen LogP contribution is -2.26. The van der Waals surface area contributed by atoms with Crippen molar-refractivity contribution in [3.8, 4) is 5.75 Å². The van der Waals surface area contributed by atoms with E-state index >= 15 is 0 Å². The van der Waals surface area contributed by atoms with Crippen LogP contribution in [0.25, 0.3) is 0 Å². The van der Waals surface area contributed by atoms with Crippen LogP contribution in [0, 0.1) is 6.92 Å². The topological polar surface area (TPSA) is 78.6 Å². The summed E-state index contributed by atoms with van der Waals surface area (Å²) in [6.45, 7) is 1.92. The second-order valence-corrected chi connectivity index (χ2v) is 5.18. The van der Waals surface area contributed by atoms with Crippen LogP contribution in [0.3, 0.4) is 0 Å². The Bertz CT molecular complexity index is 697. The Morgan fingerprint density at radius 2 is 1.83 bits per heavy atom. The normalized spacial score (nSPS) is 11.6. The molecule has 2 N–H and O–H groups in total. The molecule has 2 aromatic rings. The monoisotopic (exact) mass is 313 g/mol. The van der Waals surface area contributed by atoms with E-state index in [1.807, 2.05) is 19.1 Å². The van der Waals surface area contributed by atoms with E-state index in [1.54, 1.807) is 36.4 Å². The Morgan fingerprint density at radius 3 is 2.43 bits per heavy atom. The molecule has 120 valence electrons. The predicted octanol–water partition coefficient (Wildman–Crippen LogP) is 2.32. The number of hydrogen-bond donors (Lipinski definition) is 1. The van der Waals surface area contributed by atoms with Crippen LogP contribution in [0.5, 0.6) is 5.75 Å². The second kappa shape index (κ2) is 7.45. The molecule has 0 unspecified atom stereocenters. The molecule has 0 heterocycles. The number of esters is 1. The van der Waals surface area contributed by atoms with Crippen molar-refractivity contribution < 1.29 is 19.1 Å². The lowest BCUT2D eigenvalue weighted by Gasteiger charge is -2.16. The van der Waals surface area contributed by atoms with E-state index in [0.29, 0.717) is 16.9 Å². The van der Waals surface area contributed by atoms with Crippen molar-refractivity contribution in [1.82, 2.24) is 0 Å². The van der Waals surface area contributed by atoms with Crippen molar-refractivity contribution in [3.05, 3.63) is 65.2 Å². The van der Waals surface area contributed by atoms with Gasteiger partial charge in [0.2, 0.25) is 6.10 Å². The van der Waals surface area contributed by atoms with Crippen LogP contribution >= 0.6 is 0 Å². The fourth-order valence-electron chi connectivity index (χ4n) is 2.29. The van der Waals surface area contributed by atoms with Gasteiger partial charge in [0.05, 0.1) is 13.5 Å². The van der Waals surface area contributed by atoms with Crippen molar-refractivity contribution in [1.29, 1.82) is 0 Å². The molecule has 0 aliphatic carbocycles. The first-order valence-electron chi connectivity index (χ1n) is 7.18. The zero-order valence-corrected chi connectivity index (χ0v) is 13.1. The summed E-state index contributed by atoms with van der Waals surface area (Å²) in [4.78, 5) is 23.8. The van der Waals surface area contributed by atoms with Gasteiger partial charge in [-0.15, -0.1) is 0 Å². The van der Waals surface area contributed by atoms with Crippen molar-refractivity contribution >= 4 is 11.9 Å². The molecule has 0 fully saturated rings. The first-order chi connectivity index (χ1) is 11.0. The van der Waals surface area contributed by atoms with Crippen molar-refractivity contribution in [3.63, 3.8) is 0 Å². The molecule has 0 bridgehead atoms. The Labute approximate surface area is 135 Å². The number of nitrogens with two attached hydrogens (primary N) is 1. The zero-order valence-electron chi connectivity index (χ0n) is 13.1. The number of benzene rings is 2. The standard InChI is InChI=1S/C18H19NO4/c1-12-8-9-15(22-2)14(10-12)11-16(20)23-17(18(19)21)13-6-4-3-5-7-13/h3-10,17H,11H2,1-2H3,(H2,19,21)/t17-/m1/s1. The Hall–Kier alpha value is -2.82. The molecule has 0 aliphatic heterocycles. The maximum absolute atomic E-state index is 12.2. The number of carbonyl (C=O) groups excluding carboxylic acids is 2. The van der Waals surface area contributed by atoms with Gasteiger partial charge in [-0.3, -0.25) is 9.59 Å². The van der Waals surface area contributed by atoms with Gasteiger partial charge < -0.3 is 15.2 Å². The third-order valence-corrected chi connectivity index (χ3v) is 3.38. The Balaban J connectivity index is 2.14. The minimum atomic E-state index is -1.10. The molecule has 1 atom stereocenters. The summed E-state index contributed by atoms with van der Waals surface area (Å²) in [5, 5.41) is 0. The van der Waals surface area contributed by atoms with Crippen molar-refractivity contribution in [2.45, 2.75) is 19.4 Å². The van der Waals surface area contributed by atoms with E-state index < -0.39 is 18.0 Å². The molecule has 0 aromatic heterocycles. The number of rotatable bonds is 6. The lowest BCUT2D eigenvalue weighted by molar-refractivity contribution is -0.154. The molecule has 0 aliphatic rings. The van der Waals surface area contributed by atoms with Crippen LogP contribution in [0.2, 0.25) is 0 Å². The summed E-state index contributed by atoms with van der Waals surface area (Å²) in [7, 11) is 1.54. The Morgan fingerprint density at radius 1 is 1.13 bits per heavy atom. The number of amides is 1. The number of carbonyl (C=O) groups is 2. The van der Waals surface area contributed by atoms with Gasteiger partial charge >= 0.3 is 5.97 Å². The summed E-state index contributed by atoms with van der Waals surface area (Å²) in [5.41, 5.74) is 7.60. The smallest absolute Gasteiger partial charge is 0.311 e. The van der Waals surface area contributed by atoms with Gasteiger partial charge in [0.25, 0.3) is 5.91 Å². The molecule has 0 radical (unpaired) electrons. The summed E-state index contributed by atoms with van der Waals surface area (Å²) < 4.78 is 10.5. The van der Waals surface area contributed by atoms with Gasteiger partial charge in [-0.05, 0) is 13.0 Å². The number of ether oxygens (including phenoxy) is 2. The SMILES string of the molecule is COc1ccc(C)cc1CC(=O)O[C@@H](C(N)=O)c1ccccc1. The summed E-state index contributed by atoms with van der Waals surface area (Å²) in [6, 6.07) is 14.2. The van der Waals surface area contributed by atoms with Crippen molar-refractivity contribution in [2.24, 2.45) is 5.73 Å². The zero-order chi connectivity index (χ0) is 16.8. The molecule has 0 spiro atoms. The van der Waals surface area contributed by atoms with Crippen LogP contribution in [-0.2, 0) is 20.7 Å². The van der Waals surface area contributed by atoms with E-state index in [2.05, 4.69) is 0 Å². The average molecular weight is 313 g/mol. The highest BCUT2D eigenvalue weighted by molar-refractivity contribution is 5.84. The van der Waals surface area contributed by atoms with Gasteiger partial charge in [0, 0.05) is 11.1 Å². The van der Waals surface area contributed by atoms with Crippen molar-refractivity contribution in [2.75, 3.05) is 7.11 Å². The highest BCUT2D eigenvalue weighted by Gasteiger charge is 2.23. The van der Waals surface area contributed by atoms with E-state index in [4.69, 9.17) is 15.2 Å². The Kier molecular flexibility index (Phi) is 5.36. The van der Waals surface area contributed by atoms with Gasteiger partial charge in [0.1, 0.15) is 5.75 Å². The minimum absolute atomic E-state index is 0.00146. The van der Waals surface area contributed by atoms with E-state index in [-0.39, 0.29) is 6.42 Å². The summed E-state index contributed by atoms with van der Waals surface area (Å²) >= 11 is 0. The third-order valence-electron chi connectivity index (χ3n) is 3.38. The van der Waals surface area contributed by atoms with E-state index in [0.717, 1.165) is 5.56 Å².